The third-order valence-corrected chi connectivity index (χ3v) is 2.67. The van der Waals surface area contributed by atoms with Crippen LogP contribution in [0.3, 0.4) is 0 Å². The molecule has 2 heterocycles. The van der Waals surface area contributed by atoms with Gasteiger partial charge in [0.2, 0.25) is 0 Å². The van der Waals surface area contributed by atoms with Crippen LogP contribution in [0.1, 0.15) is 0 Å². The maximum absolute atomic E-state index is 10.7. The SMILES string of the molecule is O=C(O)Cn1nnnc1-c1cnc2ccccc2c1. The molecule has 7 nitrogen and oxygen atoms in total. The van der Waals surface area contributed by atoms with Gasteiger partial charge in [0.1, 0.15) is 6.54 Å². The van der Waals surface area contributed by atoms with E-state index in [1.54, 1.807) is 6.20 Å². The standard InChI is InChI=1S/C12H9N5O2/c18-11(19)7-17-12(14-15-16-17)9-5-8-3-1-2-4-10(8)13-6-9/h1-6H,7H2,(H,18,19). The molecule has 0 aliphatic rings. The number of tetrazole rings is 1. The Kier molecular flexibility index (Phi) is 2.64. The lowest BCUT2D eigenvalue weighted by atomic mass is 10.1. The lowest BCUT2D eigenvalue weighted by Crippen LogP contribution is -2.11. The van der Waals surface area contributed by atoms with Gasteiger partial charge in [0.25, 0.3) is 0 Å². The zero-order chi connectivity index (χ0) is 13.2. The maximum atomic E-state index is 10.7. The van der Waals surface area contributed by atoms with Crippen molar-refractivity contribution in [1.82, 2.24) is 25.2 Å². The fourth-order valence-corrected chi connectivity index (χ4v) is 1.84. The number of hydrogen-bond acceptors (Lipinski definition) is 5. The predicted molar refractivity (Wildman–Crippen MR) is 66.2 cm³/mol. The third kappa shape index (κ3) is 2.13. The molecule has 3 aromatic rings. The van der Waals surface area contributed by atoms with E-state index in [9.17, 15) is 4.79 Å². The zero-order valence-corrected chi connectivity index (χ0v) is 9.76. The monoisotopic (exact) mass is 255 g/mol. The Morgan fingerprint density at radius 3 is 3.00 bits per heavy atom. The van der Waals surface area contributed by atoms with Gasteiger partial charge in [-0.2, -0.15) is 0 Å². The zero-order valence-electron chi connectivity index (χ0n) is 9.76. The number of carboxylic acid groups (broad SMARTS) is 1. The first kappa shape index (κ1) is 11.3. The molecular weight excluding hydrogens is 246 g/mol. The van der Waals surface area contributed by atoms with E-state index >= 15 is 0 Å². The predicted octanol–water partition coefficient (Wildman–Crippen LogP) is 0.973. The summed E-state index contributed by atoms with van der Waals surface area (Å²) in [6.07, 6.45) is 1.63. The second-order valence-corrected chi connectivity index (χ2v) is 3.97. The maximum Gasteiger partial charge on any atom is 0.325 e. The van der Waals surface area contributed by atoms with Crippen LogP contribution >= 0.6 is 0 Å². The third-order valence-electron chi connectivity index (χ3n) is 2.67. The van der Waals surface area contributed by atoms with Crippen LogP contribution in [0.5, 0.6) is 0 Å². The van der Waals surface area contributed by atoms with Gasteiger partial charge in [0, 0.05) is 17.1 Å². The van der Waals surface area contributed by atoms with Crippen LogP contribution in [-0.4, -0.2) is 36.3 Å². The summed E-state index contributed by atoms with van der Waals surface area (Å²) in [6.45, 7) is -0.283. The molecule has 0 saturated heterocycles. The van der Waals surface area contributed by atoms with Crippen LogP contribution in [0.2, 0.25) is 0 Å². The number of carbonyl (C=O) groups is 1. The minimum Gasteiger partial charge on any atom is -0.480 e. The molecule has 0 aliphatic carbocycles. The Morgan fingerprint density at radius 1 is 1.32 bits per heavy atom. The first-order valence-electron chi connectivity index (χ1n) is 5.57. The minimum absolute atomic E-state index is 0.283. The van der Waals surface area contributed by atoms with E-state index in [0.29, 0.717) is 11.4 Å². The van der Waals surface area contributed by atoms with Crippen molar-refractivity contribution in [2.24, 2.45) is 0 Å². The molecule has 0 aliphatic heterocycles. The first-order valence-corrected chi connectivity index (χ1v) is 5.57. The normalized spacial score (nSPS) is 10.7. The molecule has 0 unspecified atom stereocenters. The molecule has 2 aromatic heterocycles. The highest BCUT2D eigenvalue weighted by molar-refractivity contribution is 5.82. The van der Waals surface area contributed by atoms with Crippen LogP contribution < -0.4 is 0 Å². The average molecular weight is 255 g/mol. The van der Waals surface area contributed by atoms with E-state index in [1.807, 2.05) is 30.3 Å². The number of aliphatic carboxylic acids is 1. The van der Waals surface area contributed by atoms with Gasteiger partial charge in [-0.15, -0.1) is 5.10 Å². The largest absolute Gasteiger partial charge is 0.480 e. The summed E-state index contributed by atoms with van der Waals surface area (Å²) in [5, 5.41) is 20.8. The number of nitrogens with zero attached hydrogens (tertiary/aromatic N) is 5. The number of benzene rings is 1. The fraction of sp³-hybridized carbons (Fsp3) is 0.0833. The van der Waals surface area contributed by atoms with Crippen molar-refractivity contribution in [2.45, 2.75) is 6.54 Å². The highest BCUT2D eigenvalue weighted by Gasteiger charge is 2.12. The van der Waals surface area contributed by atoms with E-state index in [1.165, 1.54) is 4.68 Å². The summed E-state index contributed by atoms with van der Waals surface area (Å²) in [5.41, 5.74) is 1.55. The van der Waals surface area contributed by atoms with Crippen molar-refractivity contribution in [3.63, 3.8) is 0 Å². The molecule has 94 valence electrons. The van der Waals surface area contributed by atoms with Gasteiger partial charge in [0.15, 0.2) is 5.82 Å². The molecule has 0 radical (unpaired) electrons. The Balaban J connectivity index is 2.09. The summed E-state index contributed by atoms with van der Waals surface area (Å²) < 4.78 is 1.23. The van der Waals surface area contributed by atoms with Crippen molar-refractivity contribution in [2.75, 3.05) is 0 Å². The van der Waals surface area contributed by atoms with Crippen LogP contribution in [0, 0.1) is 0 Å². The molecule has 0 amide bonds. The van der Waals surface area contributed by atoms with Crippen LogP contribution in [0.15, 0.2) is 36.5 Å². The molecule has 1 aromatic carbocycles. The van der Waals surface area contributed by atoms with Gasteiger partial charge in [-0.25, -0.2) is 4.68 Å². The van der Waals surface area contributed by atoms with E-state index in [-0.39, 0.29) is 6.54 Å². The van der Waals surface area contributed by atoms with Gasteiger partial charge < -0.3 is 5.11 Å². The first-order chi connectivity index (χ1) is 9.24. The fourth-order valence-electron chi connectivity index (χ4n) is 1.84. The number of hydrogen-bond donors (Lipinski definition) is 1. The van der Waals surface area contributed by atoms with Crippen molar-refractivity contribution in [3.8, 4) is 11.4 Å². The lowest BCUT2D eigenvalue weighted by molar-refractivity contribution is -0.137. The van der Waals surface area contributed by atoms with E-state index in [4.69, 9.17) is 5.11 Å². The molecule has 0 fully saturated rings. The number of para-hydroxylation sites is 1. The number of aromatic nitrogens is 5. The van der Waals surface area contributed by atoms with Crippen molar-refractivity contribution >= 4 is 16.9 Å². The average Bonchev–Trinajstić information content (AvgIpc) is 2.85. The molecule has 0 spiro atoms. The van der Waals surface area contributed by atoms with Gasteiger partial charge in [-0.1, -0.05) is 18.2 Å². The number of pyridine rings is 1. The van der Waals surface area contributed by atoms with Gasteiger partial charge >= 0.3 is 5.97 Å². The quantitative estimate of drug-likeness (QED) is 0.749. The minimum atomic E-state index is -0.998. The summed E-state index contributed by atoms with van der Waals surface area (Å²) in [7, 11) is 0. The number of fused-ring (bicyclic) bond motifs is 1. The van der Waals surface area contributed by atoms with Crippen molar-refractivity contribution < 1.29 is 9.90 Å². The number of rotatable bonds is 3. The molecule has 0 bridgehead atoms. The molecule has 0 saturated carbocycles. The molecule has 0 atom stereocenters. The Bertz CT molecular complexity index is 752. The summed E-state index contributed by atoms with van der Waals surface area (Å²) in [5.74, 6) is -0.608. The Morgan fingerprint density at radius 2 is 2.16 bits per heavy atom. The van der Waals surface area contributed by atoms with Gasteiger partial charge in [-0.05, 0) is 22.6 Å². The van der Waals surface area contributed by atoms with E-state index in [2.05, 4.69) is 20.5 Å². The Labute approximate surface area is 107 Å². The topological polar surface area (TPSA) is 93.8 Å². The Hall–Kier alpha value is -2.83. The van der Waals surface area contributed by atoms with Crippen molar-refractivity contribution in [3.05, 3.63) is 36.5 Å². The van der Waals surface area contributed by atoms with Crippen LogP contribution in [0.25, 0.3) is 22.3 Å². The van der Waals surface area contributed by atoms with Crippen LogP contribution in [-0.2, 0) is 11.3 Å². The molecular formula is C12H9N5O2. The van der Waals surface area contributed by atoms with Gasteiger partial charge in [0.05, 0.1) is 5.52 Å². The molecule has 19 heavy (non-hydrogen) atoms. The second kappa shape index (κ2) is 4.45. The van der Waals surface area contributed by atoms with Crippen molar-refractivity contribution in [1.29, 1.82) is 0 Å². The molecule has 3 rings (SSSR count). The lowest BCUT2D eigenvalue weighted by Gasteiger charge is -2.03. The smallest absolute Gasteiger partial charge is 0.325 e. The summed E-state index contributed by atoms with van der Waals surface area (Å²) in [6, 6.07) is 9.53. The van der Waals surface area contributed by atoms with Gasteiger partial charge in [-0.3, -0.25) is 9.78 Å². The highest BCUT2D eigenvalue weighted by atomic mass is 16.4. The summed E-state index contributed by atoms with van der Waals surface area (Å²) >= 11 is 0. The highest BCUT2D eigenvalue weighted by Crippen LogP contribution is 2.20. The molecule has 7 heteroatoms. The second-order valence-electron chi connectivity index (χ2n) is 3.97. The van der Waals surface area contributed by atoms with E-state index < -0.39 is 5.97 Å². The molecule has 1 N–H and O–H groups in total. The summed E-state index contributed by atoms with van der Waals surface area (Å²) in [4.78, 5) is 15.0. The number of carboxylic acids is 1. The van der Waals surface area contributed by atoms with Crippen LogP contribution in [0.4, 0.5) is 0 Å². The van der Waals surface area contributed by atoms with E-state index in [0.717, 1.165) is 10.9 Å².